The van der Waals surface area contributed by atoms with Crippen molar-refractivity contribution in [2.24, 2.45) is 0 Å². The van der Waals surface area contributed by atoms with Gasteiger partial charge in [0.05, 0.1) is 0 Å². The molecule has 1 aliphatic rings. The van der Waals surface area contributed by atoms with Crippen molar-refractivity contribution >= 4 is 29.8 Å². The largest absolute Gasteiger partial charge is 0.370 e. The van der Waals surface area contributed by atoms with Gasteiger partial charge in [-0.15, -0.1) is 0 Å². The minimum Gasteiger partial charge on any atom is -0.370 e. The van der Waals surface area contributed by atoms with Gasteiger partial charge in [-0.1, -0.05) is 23.7 Å². The predicted molar refractivity (Wildman–Crippen MR) is 100 cm³/mol. The first-order chi connectivity index (χ1) is 12.1. The first-order valence-corrected chi connectivity index (χ1v) is 8.80. The van der Waals surface area contributed by atoms with E-state index in [0.717, 1.165) is 54.9 Å². The van der Waals surface area contributed by atoms with Gasteiger partial charge in [0.1, 0.15) is 5.82 Å². The van der Waals surface area contributed by atoms with Crippen LogP contribution in [0.4, 0.5) is 11.8 Å². The van der Waals surface area contributed by atoms with Gasteiger partial charge in [-0.25, -0.2) is 4.98 Å². The van der Waals surface area contributed by atoms with E-state index in [0.29, 0.717) is 13.1 Å². The molecular weight excluding hydrogens is 338 g/mol. The summed E-state index contributed by atoms with van der Waals surface area (Å²) in [7, 11) is 0. The van der Waals surface area contributed by atoms with Crippen LogP contribution in [0.3, 0.4) is 0 Å². The van der Waals surface area contributed by atoms with Crippen LogP contribution in [0.2, 0.25) is 5.02 Å². The van der Waals surface area contributed by atoms with E-state index in [9.17, 15) is 4.79 Å². The highest BCUT2D eigenvalue weighted by Gasteiger charge is 2.18. The van der Waals surface area contributed by atoms with E-state index in [1.807, 2.05) is 31.2 Å². The van der Waals surface area contributed by atoms with Gasteiger partial charge >= 0.3 is 0 Å². The Labute approximate surface area is 152 Å². The number of anilines is 2. The van der Waals surface area contributed by atoms with Gasteiger partial charge in [0.2, 0.25) is 12.4 Å². The Morgan fingerprint density at radius 1 is 1.20 bits per heavy atom. The maximum absolute atomic E-state index is 10.8. The zero-order chi connectivity index (χ0) is 17.6. The molecule has 6 nitrogen and oxygen atoms in total. The number of amides is 1. The van der Waals surface area contributed by atoms with Crippen LogP contribution in [0.5, 0.6) is 0 Å². The number of hydrogen-bond acceptors (Lipinski definition) is 5. The van der Waals surface area contributed by atoms with Crippen molar-refractivity contribution in [3.63, 3.8) is 0 Å². The number of carbonyl (C=O) groups is 1. The zero-order valence-corrected chi connectivity index (χ0v) is 15.0. The number of benzene rings is 1. The minimum atomic E-state index is 0.707. The van der Waals surface area contributed by atoms with Crippen LogP contribution in [-0.2, 0) is 11.2 Å². The molecule has 1 amide bonds. The van der Waals surface area contributed by atoms with Crippen molar-refractivity contribution in [1.29, 1.82) is 0 Å². The lowest BCUT2D eigenvalue weighted by Gasteiger charge is -2.32. The van der Waals surface area contributed by atoms with Crippen LogP contribution in [0.15, 0.2) is 30.3 Å². The van der Waals surface area contributed by atoms with E-state index in [2.05, 4.69) is 26.3 Å². The fourth-order valence-electron chi connectivity index (χ4n) is 2.84. The fraction of sp³-hybridized carbons (Fsp3) is 0.389. The number of aryl methyl sites for hydroxylation is 1. The van der Waals surface area contributed by atoms with Crippen LogP contribution in [0.1, 0.15) is 11.3 Å². The average Bonchev–Trinajstić information content (AvgIpc) is 2.61. The number of carbonyl (C=O) groups excluding carboxylic acids is 1. The van der Waals surface area contributed by atoms with E-state index in [1.165, 1.54) is 5.56 Å². The van der Waals surface area contributed by atoms with Crippen molar-refractivity contribution < 1.29 is 4.79 Å². The van der Waals surface area contributed by atoms with Crippen molar-refractivity contribution in [2.75, 3.05) is 42.9 Å². The van der Waals surface area contributed by atoms with Crippen LogP contribution < -0.4 is 10.2 Å². The molecule has 132 valence electrons. The summed E-state index contributed by atoms with van der Waals surface area (Å²) >= 11 is 6.02. The Hall–Kier alpha value is -2.34. The summed E-state index contributed by atoms with van der Waals surface area (Å²) in [5.41, 5.74) is 2.11. The second-order valence-electron chi connectivity index (χ2n) is 6.13. The molecule has 1 aromatic heterocycles. The van der Waals surface area contributed by atoms with Crippen molar-refractivity contribution in [2.45, 2.75) is 13.3 Å². The van der Waals surface area contributed by atoms with E-state index < -0.39 is 0 Å². The molecule has 1 fully saturated rings. The monoisotopic (exact) mass is 359 g/mol. The Morgan fingerprint density at radius 2 is 2.00 bits per heavy atom. The summed E-state index contributed by atoms with van der Waals surface area (Å²) in [6, 6.07) is 9.83. The second-order valence-corrected chi connectivity index (χ2v) is 6.57. The van der Waals surface area contributed by atoms with E-state index in [-0.39, 0.29) is 0 Å². The molecule has 7 heteroatoms. The summed E-state index contributed by atoms with van der Waals surface area (Å²) in [6.07, 6.45) is 1.77. The van der Waals surface area contributed by atoms with Crippen molar-refractivity contribution in [3.8, 4) is 0 Å². The van der Waals surface area contributed by atoms with E-state index in [4.69, 9.17) is 11.6 Å². The molecule has 2 heterocycles. The number of nitrogens with one attached hydrogen (secondary N) is 1. The SMILES string of the molecule is Cc1cc(NCCc2cccc(Cl)c2)nc(N2CCN(C=O)CC2)n1. The van der Waals surface area contributed by atoms with Gasteiger partial charge in [-0.05, 0) is 31.0 Å². The van der Waals surface area contributed by atoms with Gasteiger partial charge in [0.25, 0.3) is 0 Å². The lowest BCUT2D eigenvalue weighted by atomic mass is 10.1. The summed E-state index contributed by atoms with van der Waals surface area (Å²) < 4.78 is 0. The lowest BCUT2D eigenvalue weighted by Crippen LogP contribution is -2.46. The molecule has 1 N–H and O–H groups in total. The van der Waals surface area contributed by atoms with Gasteiger partial charge < -0.3 is 15.1 Å². The fourth-order valence-corrected chi connectivity index (χ4v) is 3.05. The predicted octanol–water partition coefficient (Wildman–Crippen LogP) is 2.37. The van der Waals surface area contributed by atoms with Gasteiger partial charge in [0, 0.05) is 49.5 Å². The molecule has 0 bridgehead atoms. The normalized spacial score (nSPS) is 14.5. The Kier molecular flexibility index (Phi) is 5.71. The van der Waals surface area contributed by atoms with E-state index in [1.54, 1.807) is 4.90 Å². The highest BCUT2D eigenvalue weighted by molar-refractivity contribution is 6.30. The number of aromatic nitrogens is 2. The molecule has 2 aromatic rings. The molecule has 0 radical (unpaired) electrons. The minimum absolute atomic E-state index is 0.707. The highest BCUT2D eigenvalue weighted by atomic mass is 35.5. The van der Waals surface area contributed by atoms with Crippen molar-refractivity contribution in [1.82, 2.24) is 14.9 Å². The Bertz CT molecular complexity index is 731. The summed E-state index contributed by atoms with van der Waals surface area (Å²) in [4.78, 5) is 23.9. The number of halogens is 1. The molecule has 0 spiro atoms. The molecule has 1 aliphatic heterocycles. The molecule has 0 saturated carbocycles. The summed E-state index contributed by atoms with van der Waals surface area (Å²) in [6.45, 7) is 5.66. The standard InChI is InChI=1S/C18H22ClN5O/c1-14-11-17(20-6-5-15-3-2-4-16(19)12-15)22-18(21-14)24-9-7-23(13-25)8-10-24/h2-4,11-13H,5-10H2,1H3,(H,20,21,22). The molecule has 25 heavy (non-hydrogen) atoms. The maximum atomic E-state index is 10.8. The number of piperazine rings is 1. The number of hydrogen-bond donors (Lipinski definition) is 1. The van der Waals surface area contributed by atoms with Crippen LogP contribution >= 0.6 is 11.6 Å². The smallest absolute Gasteiger partial charge is 0.227 e. The molecular formula is C18H22ClN5O. The van der Waals surface area contributed by atoms with Crippen molar-refractivity contribution in [3.05, 3.63) is 46.6 Å². The molecule has 1 saturated heterocycles. The van der Waals surface area contributed by atoms with Crippen LogP contribution in [0.25, 0.3) is 0 Å². The van der Waals surface area contributed by atoms with Crippen LogP contribution in [-0.4, -0.2) is 54.0 Å². The molecule has 3 rings (SSSR count). The topological polar surface area (TPSA) is 61.4 Å². The Morgan fingerprint density at radius 3 is 2.72 bits per heavy atom. The highest BCUT2D eigenvalue weighted by Crippen LogP contribution is 2.16. The molecule has 1 aromatic carbocycles. The van der Waals surface area contributed by atoms with Gasteiger partial charge in [-0.2, -0.15) is 4.98 Å². The number of rotatable bonds is 6. The Balaban J connectivity index is 1.60. The van der Waals surface area contributed by atoms with Gasteiger partial charge in [0.15, 0.2) is 0 Å². The lowest BCUT2D eigenvalue weighted by molar-refractivity contribution is -0.118. The molecule has 0 aliphatic carbocycles. The average molecular weight is 360 g/mol. The summed E-state index contributed by atoms with van der Waals surface area (Å²) in [5.74, 6) is 1.54. The van der Waals surface area contributed by atoms with E-state index >= 15 is 0 Å². The first-order valence-electron chi connectivity index (χ1n) is 8.42. The third kappa shape index (κ3) is 4.82. The number of nitrogens with zero attached hydrogens (tertiary/aromatic N) is 4. The molecule has 0 unspecified atom stereocenters. The third-order valence-corrected chi connectivity index (χ3v) is 4.43. The van der Waals surface area contributed by atoms with Crippen LogP contribution in [0, 0.1) is 6.92 Å². The maximum Gasteiger partial charge on any atom is 0.227 e. The third-order valence-electron chi connectivity index (χ3n) is 4.20. The molecule has 0 atom stereocenters. The van der Waals surface area contributed by atoms with Gasteiger partial charge in [-0.3, -0.25) is 4.79 Å². The quantitative estimate of drug-likeness (QED) is 0.802. The first kappa shape index (κ1) is 17.5. The second kappa shape index (κ2) is 8.16. The summed E-state index contributed by atoms with van der Waals surface area (Å²) in [5, 5.41) is 4.12. The zero-order valence-electron chi connectivity index (χ0n) is 14.3.